The second-order valence-corrected chi connectivity index (χ2v) is 3.23. The summed E-state index contributed by atoms with van der Waals surface area (Å²) in [5.41, 5.74) is 0. The number of carbonyl (C=O) groups excluding carboxylic acids is 2. The van der Waals surface area contributed by atoms with Gasteiger partial charge in [0.05, 0.1) is 0 Å². The van der Waals surface area contributed by atoms with Crippen LogP contribution >= 0.6 is 0 Å². The van der Waals surface area contributed by atoms with Crippen LogP contribution in [0.4, 0.5) is 0 Å². The fourth-order valence-corrected chi connectivity index (χ4v) is 1.21. The first kappa shape index (κ1) is 10.5. The lowest BCUT2D eigenvalue weighted by Crippen LogP contribution is -2.52. The number of amides is 2. The Hall–Kier alpha value is -1.59. The van der Waals surface area contributed by atoms with Gasteiger partial charge in [-0.2, -0.15) is 0 Å². The monoisotopic (exact) mass is 200 g/mol. The van der Waals surface area contributed by atoms with E-state index in [1.807, 2.05) is 0 Å². The van der Waals surface area contributed by atoms with Crippen LogP contribution in [0.1, 0.15) is 19.8 Å². The van der Waals surface area contributed by atoms with Crippen LogP contribution in [0.3, 0.4) is 0 Å². The molecule has 1 saturated heterocycles. The van der Waals surface area contributed by atoms with E-state index < -0.39 is 24.0 Å². The SMILES string of the molecule is C[C@@H]1NC(=O)CC[C@@H](C(=O)O)NC1=O. The Labute approximate surface area is 80.7 Å². The Morgan fingerprint density at radius 3 is 2.64 bits per heavy atom. The summed E-state index contributed by atoms with van der Waals surface area (Å²) in [5.74, 6) is -1.87. The van der Waals surface area contributed by atoms with Gasteiger partial charge in [-0.1, -0.05) is 0 Å². The molecule has 0 aromatic carbocycles. The second kappa shape index (κ2) is 4.08. The van der Waals surface area contributed by atoms with Crippen molar-refractivity contribution >= 4 is 17.8 Å². The molecule has 1 heterocycles. The van der Waals surface area contributed by atoms with Crippen molar-refractivity contribution in [2.45, 2.75) is 31.8 Å². The van der Waals surface area contributed by atoms with Crippen LogP contribution < -0.4 is 10.6 Å². The first-order valence-electron chi connectivity index (χ1n) is 4.33. The van der Waals surface area contributed by atoms with Crippen molar-refractivity contribution in [1.82, 2.24) is 10.6 Å². The van der Waals surface area contributed by atoms with Gasteiger partial charge >= 0.3 is 5.97 Å². The number of carboxylic acids is 1. The van der Waals surface area contributed by atoms with Gasteiger partial charge in [0.1, 0.15) is 12.1 Å². The predicted molar refractivity (Wildman–Crippen MR) is 46.4 cm³/mol. The van der Waals surface area contributed by atoms with Gasteiger partial charge in [0.2, 0.25) is 11.8 Å². The molecular weight excluding hydrogens is 188 g/mol. The van der Waals surface area contributed by atoms with E-state index in [0.717, 1.165) is 0 Å². The average molecular weight is 200 g/mol. The topological polar surface area (TPSA) is 95.5 Å². The molecule has 1 aliphatic heterocycles. The molecule has 0 spiro atoms. The van der Waals surface area contributed by atoms with Crippen molar-refractivity contribution in [3.63, 3.8) is 0 Å². The summed E-state index contributed by atoms with van der Waals surface area (Å²) >= 11 is 0. The molecule has 0 radical (unpaired) electrons. The minimum absolute atomic E-state index is 0.113. The smallest absolute Gasteiger partial charge is 0.326 e. The normalized spacial score (nSPS) is 28.4. The maximum atomic E-state index is 11.2. The van der Waals surface area contributed by atoms with Crippen LogP contribution in [0, 0.1) is 0 Å². The van der Waals surface area contributed by atoms with Gasteiger partial charge in [0, 0.05) is 6.42 Å². The third-order valence-corrected chi connectivity index (χ3v) is 2.05. The Balaban J connectivity index is 2.71. The van der Waals surface area contributed by atoms with E-state index in [9.17, 15) is 14.4 Å². The highest BCUT2D eigenvalue weighted by Gasteiger charge is 2.27. The summed E-state index contributed by atoms with van der Waals surface area (Å²) in [6.07, 6.45) is 0.237. The van der Waals surface area contributed by atoms with Gasteiger partial charge in [-0.3, -0.25) is 9.59 Å². The quantitative estimate of drug-likeness (QED) is 0.498. The molecule has 0 aliphatic carbocycles. The van der Waals surface area contributed by atoms with Gasteiger partial charge in [0.15, 0.2) is 0 Å². The molecule has 0 aromatic heterocycles. The molecule has 78 valence electrons. The zero-order chi connectivity index (χ0) is 10.7. The fourth-order valence-electron chi connectivity index (χ4n) is 1.21. The molecule has 2 atom stereocenters. The van der Waals surface area contributed by atoms with Gasteiger partial charge in [-0.15, -0.1) is 0 Å². The van der Waals surface area contributed by atoms with E-state index in [1.165, 1.54) is 6.92 Å². The lowest BCUT2D eigenvalue weighted by atomic mass is 10.1. The van der Waals surface area contributed by atoms with Gasteiger partial charge in [0.25, 0.3) is 0 Å². The van der Waals surface area contributed by atoms with Crippen LogP contribution in [-0.2, 0) is 14.4 Å². The Morgan fingerprint density at radius 2 is 2.07 bits per heavy atom. The molecule has 0 aromatic rings. The van der Waals surface area contributed by atoms with E-state index in [-0.39, 0.29) is 18.7 Å². The molecule has 1 rings (SSSR count). The number of hydrogen-bond donors (Lipinski definition) is 3. The highest BCUT2D eigenvalue weighted by Crippen LogP contribution is 2.02. The number of carboxylic acid groups (broad SMARTS) is 1. The molecule has 6 heteroatoms. The highest BCUT2D eigenvalue weighted by molar-refractivity contribution is 5.91. The van der Waals surface area contributed by atoms with Crippen LogP contribution in [0.25, 0.3) is 0 Å². The highest BCUT2D eigenvalue weighted by atomic mass is 16.4. The molecule has 0 bridgehead atoms. The number of rotatable bonds is 1. The largest absolute Gasteiger partial charge is 0.480 e. The molecule has 1 aliphatic rings. The minimum Gasteiger partial charge on any atom is -0.480 e. The maximum absolute atomic E-state index is 11.2. The van der Waals surface area contributed by atoms with Crippen LogP contribution in [0.2, 0.25) is 0 Å². The summed E-state index contributed by atoms with van der Waals surface area (Å²) in [6.45, 7) is 1.51. The van der Waals surface area contributed by atoms with E-state index in [0.29, 0.717) is 0 Å². The van der Waals surface area contributed by atoms with Crippen molar-refractivity contribution in [2.75, 3.05) is 0 Å². The molecule has 2 amide bonds. The number of nitrogens with one attached hydrogen (secondary N) is 2. The van der Waals surface area contributed by atoms with Crippen LogP contribution in [-0.4, -0.2) is 35.0 Å². The lowest BCUT2D eigenvalue weighted by Gasteiger charge is -2.21. The van der Waals surface area contributed by atoms with E-state index >= 15 is 0 Å². The number of hydrogen-bond acceptors (Lipinski definition) is 3. The van der Waals surface area contributed by atoms with Crippen molar-refractivity contribution in [2.24, 2.45) is 0 Å². The summed E-state index contributed by atoms with van der Waals surface area (Å²) in [4.78, 5) is 32.9. The van der Waals surface area contributed by atoms with Gasteiger partial charge < -0.3 is 15.7 Å². The molecule has 0 saturated carbocycles. The Bertz CT molecular complexity index is 277. The fraction of sp³-hybridized carbons (Fsp3) is 0.625. The van der Waals surface area contributed by atoms with E-state index in [1.54, 1.807) is 0 Å². The summed E-state index contributed by atoms with van der Waals surface area (Å²) in [6, 6.07) is -1.64. The van der Waals surface area contributed by atoms with Crippen molar-refractivity contribution in [1.29, 1.82) is 0 Å². The maximum Gasteiger partial charge on any atom is 0.326 e. The lowest BCUT2D eigenvalue weighted by molar-refractivity contribution is -0.143. The first-order valence-corrected chi connectivity index (χ1v) is 4.33. The number of carbonyl (C=O) groups is 3. The van der Waals surface area contributed by atoms with Crippen LogP contribution in [0.15, 0.2) is 0 Å². The van der Waals surface area contributed by atoms with E-state index in [4.69, 9.17) is 5.11 Å². The summed E-state index contributed by atoms with van der Waals surface area (Å²) < 4.78 is 0. The summed E-state index contributed by atoms with van der Waals surface area (Å²) in [7, 11) is 0. The van der Waals surface area contributed by atoms with Crippen molar-refractivity contribution in [3.05, 3.63) is 0 Å². The van der Waals surface area contributed by atoms with Gasteiger partial charge in [-0.05, 0) is 13.3 Å². The molecule has 1 fully saturated rings. The minimum atomic E-state index is -1.11. The predicted octanol–water partition coefficient (Wildman–Crippen LogP) is -1.15. The van der Waals surface area contributed by atoms with Crippen molar-refractivity contribution in [3.8, 4) is 0 Å². The number of aliphatic carboxylic acids is 1. The molecule has 14 heavy (non-hydrogen) atoms. The van der Waals surface area contributed by atoms with Crippen LogP contribution in [0.5, 0.6) is 0 Å². The molecule has 6 nitrogen and oxygen atoms in total. The Kier molecular flexibility index (Phi) is 3.06. The standard InChI is InChI=1S/C8H12N2O4/c1-4-7(12)10-5(8(13)14)2-3-6(11)9-4/h4-5H,2-3H2,1H3,(H,9,11)(H,10,12)(H,13,14)/t4-,5-/m0/s1. The zero-order valence-corrected chi connectivity index (χ0v) is 7.74. The third kappa shape index (κ3) is 2.45. The molecular formula is C8H12N2O4. The average Bonchev–Trinajstić information content (AvgIpc) is 2.09. The summed E-state index contributed by atoms with van der Waals surface area (Å²) in [5, 5.41) is 13.5. The van der Waals surface area contributed by atoms with Gasteiger partial charge in [-0.25, -0.2) is 4.79 Å². The van der Waals surface area contributed by atoms with E-state index in [2.05, 4.69) is 10.6 Å². The molecule has 3 N–H and O–H groups in total. The molecule has 0 unspecified atom stereocenters. The Morgan fingerprint density at radius 1 is 1.43 bits per heavy atom. The van der Waals surface area contributed by atoms with Crippen molar-refractivity contribution < 1.29 is 19.5 Å². The second-order valence-electron chi connectivity index (χ2n) is 3.23. The first-order chi connectivity index (χ1) is 6.50. The zero-order valence-electron chi connectivity index (χ0n) is 7.74. The third-order valence-electron chi connectivity index (χ3n) is 2.05.